The zero-order chi connectivity index (χ0) is 26.9. The first-order valence-electron chi connectivity index (χ1n) is 13.7. The highest BCUT2D eigenvalue weighted by molar-refractivity contribution is 7.89. The summed E-state index contributed by atoms with van der Waals surface area (Å²) in [7, 11) is -3.94. The van der Waals surface area contributed by atoms with Crippen LogP contribution in [0.2, 0.25) is 0 Å². The van der Waals surface area contributed by atoms with Crippen molar-refractivity contribution in [1.82, 2.24) is 14.1 Å². The number of sulfonamides is 1. The topological polar surface area (TPSA) is 70.2 Å². The molecule has 7 nitrogen and oxygen atoms in total. The molecule has 0 spiro atoms. The molecule has 38 heavy (non-hydrogen) atoms. The Labute approximate surface area is 225 Å². The third kappa shape index (κ3) is 6.05. The van der Waals surface area contributed by atoms with E-state index in [1.54, 1.807) is 41.3 Å². The first-order valence-corrected chi connectivity index (χ1v) is 15.2. The van der Waals surface area contributed by atoms with E-state index < -0.39 is 34.0 Å². The first-order chi connectivity index (χ1) is 18.2. The van der Waals surface area contributed by atoms with Gasteiger partial charge in [0.25, 0.3) is 0 Å². The number of benzene rings is 2. The van der Waals surface area contributed by atoms with Gasteiger partial charge in [-0.1, -0.05) is 29.8 Å². The number of carbonyl (C=O) groups excluding carboxylic acids is 1. The number of halogens is 1. The average Bonchev–Trinajstić information content (AvgIpc) is 3.71. The predicted molar refractivity (Wildman–Crippen MR) is 144 cm³/mol. The van der Waals surface area contributed by atoms with Gasteiger partial charge in [-0.2, -0.15) is 4.31 Å². The molecule has 5 rings (SSSR count). The van der Waals surface area contributed by atoms with E-state index in [0.717, 1.165) is 37.5 Å². The summed E-state index contributed by atoms with van der Waals surface area (Å²) in [5.74, 6) is 0.401. The lowest BCUT2D eigenvalue weighted by atomic mass is 9.93. The molecule has 2 heterocycles. The van der Waals surface area contributed by atoms with Crippen molar-refractivity contribution < 1.29 is 22.3 Å². The molecule has 2 aromatic rings. The number of carbonyl (C=O) groups is 1. The maximum atomic E-state index is 14.2. The minimum atomic E-state index is -3.94. The Morgan fingerprint density at radius 2 is 1.82 bits per heavy atom. The molecule has 206 valence electrons. The summed E-state index contributed by atoms with van der Waals surface area (Å²) >= 11 is 0. The number of hydrogen-bond donors (Lipinski definition) is 0. The minimum Gasteiger partial charge on any atom is -0.448 e. The Hall–Kier alpha value is -2.49. The van der Waals surface area contributed by atoms with Crippen LogP contribution in [0.1, 0.15) is 56.2 Å². The number of piperazine rings is 1. The number of piperidine rings is 1. The van der Waals surface area contributed by atoms with E-state index in [1.165, 1.54) is 29.3 Å². The van der Waals surface area contributed by atoms with Gasteiger partial charge in [-0.15, -0.1) is 0 Å². The summed E-state index contributed by atoms with van der Waals surface area (Å²) in [5, 5.41) is 0. The lowest BCUT2D eigenvalue weighted by molar-refractivity contribution is 0.0318. The van der Waals surface area contributed by atoms with E-state index in [9.17, 15) is 17.6 Å². The molecule has 0 radical (unpaired) electrons. The van der Waals surface area contributed by atoms with Crippen LogP contribution < -0.4 is 0 Å². The second-order valence-corrected chi connectivity index (χ2v) is 13.0. The van der Waals surface area contributed by atoms with Gasteiger partial charge in [-0.25, -0.2) is 17.6 Å². The van der Waals surface area contributed by atoms with Crippen molar-refractivity contribution in [2.75, 3.05) is 32.8 Å². The van der Waals surface area contributed by atoms with Crippen molar-refractivity contribution in [2.24, 2.45) is 5.92 Å². The Kier molecular flexibility index (Phi) is 8.07. The molecule has 1 aliphatic carbocycles. The number of rotatable bonds is 7. The molecule has 0 N–H and O–H groups in total. The third-order valence-electron chi connectivity index (χ3n) is 8.07. The molecule has 1 amide bonds. The smallest absolute Gasteiger partial charge is 0.410 e. The fourth-order valence-corrected chi connectivity index (χ4v) is 7.67. The molecule has 2 aromatic carbocycles. The fourth-order valence-electron chi connectivity index (χ4n) is 5.82. The molecule has 3 atom stereocenters. The van der Waals surface area contributed by atoms with Gasteiger partial charge >= 0.3 is 6.09 Å². The zero-order valence-electron chi connectivity index (χ0n) is 22.3. The van der Waals surface area contributed by atoms with Gasteiger partial charge in [0.2, 0.25) is 10.0 Å². The summed E-state index contributed by atoms with van der Waals surface area (Å²) in [4.78, 5) is 17.5. The quantitative estimate of drug-likeness (QED) is 0.493. The third-order valence-corrected chi connectivity index (χ3v) is 10.0. The maximum absolute atomic E-state index is 14.2. The van der Waals surface area contributed by atoms with Gasteiger partial charge in [0.05, 0.1) is 17.0 Å². The van der Waals surface area contributed by atoms with Gasteiger partial charge < -0.3 is 9.64 Å². The number of hydrogen-bond acceptors (Lipinski definition) is 5. The van der Waals surface area contributed by atoms with E-state index in [1.807, 2.05) is 13.8 Å². The molecule has 3 fully saturated rings. The van der Waals surface area contributed by atoms with Crippen molar-refractivity contribution in [3.8, 4) is 0 Å². The van der Waals surface area contributed by atoms with Crippen LogP contribution in [0.5, 0.6) is 0 Å². The number of aryl methyl sites for hydroxylation is 1. The predicted octanol–water partition coefficient (Wildman–Crippen LogP) is 4.97. The molecule has 9 heteroatoms. The second kappa shape index (κ2) is 11.3. The minimum absolute atomic E-state index is 0.0359. The SMILES string of the molecule is Cc1ccc(S(=O)(=O)N2[C@@H](COC(=O)N3CCN(CC4CC4)C[C@H]3C)CCC[C@H]2c2cccc(F)c2)cc1. The summed E-state index contributed by atoms with van der Waals surface area (Å²) in [6.45, 7) is 7.26. The summed E-state index contributed by atoms with van der Waals surface area (Å²) < 4.78 is 49.4. The molecular weight excluding hydrogens is 505 g/mol. The van der Waals surface area contributed by atoms with Crippen molar-refractivity contribution in [1.29, 1.82) is 0 Å². The van der Waals surface area contributed by atoms with Crippen LogP contribution in [0.3, 0.4) is 0 Å². The zero-order valence-corrected chi connectivity index (χ0v) is 23.1. The maximum Gasteiger partial charge on any atom is 0.410 e. The lowest BCUT2D eigenvalue weighted by Crippen LogP contribution is -2.55. The highest BCUT2D eigenvalue weighted by Crippen LogP contribution is 2.39. The molecule has 0 aromatic heterocycles. The number of nitrogens with zero attached hydrogens (tertiary/aromatic N) is 3. The average molecular weight is 544 g/mol. The molecule has 2 saturated heterocycles. The normalized spacial score (nSPS) is 25.3. The van der Waals surface area contributed by atoms with Crippen LogP contribution in [0.25, 0.3) is 0 Å². The summed E-state index contributed by atoms with van der Waals surface area (Å²) in [6, 6.07) is 11.8. The molecule has 0 bridgehead atoms. The second-order valence-electron chi connectivity index (χ2n) is 11.1. The standard InChI is InChI=1S/C29H38FN3O4S/c1-21-9-13-27(14-10-21)38(35,36)33-26(7-4-8-28(33)24-5-3-6-25(30)17-24)20-37-29(34)32-16-15-31(18-22(32)2)19-23-11-12-23/h3,5-6,9-10,13-14,17,22-23,26,28H,4,7-8,11-12,15-16,18-20H2,1-2H3/t22-,26-,28+/m1/s1. The van der Waals surface area contributed by atoms with Crippen LogP contribution in [0.4, 0.5) is 9.18 Å². The van der Waals surface area contributed by atoms with Crippen LogP contribution in [0, 0.1) is 18.7 Å². The first kappa shape index (κ1) is 27.1. The van der Waals surface area contributed by atoms with Gasteiger partial charge in [0.1, 0.15) is 12.4 Å². The van der Waals surface area contributed by atoms with E-state index in [2.05, 4.69) is 4.90 Å². The van der Waals surface area contributed by atoms with Crippen LogP contribution >= 0.6 is 0 Å². The Balaban J connectivity index is 1.34. The molecule has 3 aliphatic rings. The van der Waals surface area contributed by atoms with Gasteiger partial charge in [-0.3, -0.25) is 4.90 Å². The highest BCUT2D eigenvalue weighted by atomic mass is 32.2. The lowest BCUT2D eigenvalue weighted by Gasteiger charge is -2.42. The molecule has 1 saturated carbocycles. The van der Waals surface area contributed by atoms with Gasteiger partial charge in [0, 0.05) is 32.2 Å². The molecule has 2 aliphatic heterocycles. The van der Waals surface area contributed by atoms with E-state index in [0.29, 0.717) is 24.9 Å². The Morgan fingerprint density at radius 1 is 1.05 bits per heavy atom. The van der Waals surface area contributed by atoms with Crippen molar-refractivity contribution in [3.63, 3.8) is 0 Å². The van der Waals surface area contributed by atoms with Crippen LogP contribution in [-0.2, 0) is 14.8 Å². The molecule has 0 unspecified atom stereocenters. The number of ether oxygens (including phenoxy) is 1. The number of amides is 1. The van der Waals surface area contributed by atoms with E-state index in [-0.39, 0.29) is 17.5 Å². The Bertz CT molecular complexity index is 1230. The highest BCUT2D eigenvalue weighted by Gasteiger charge is 2.42. The van der Waals surface area contributed by atoms with E-state index in [4.69, 9.17) is 4.74 Å². The van der Waals surface area contributed by atoms with Crippen LogP contribution in [-0.4, -0.2) is 73.5 Å². The fraction of sp³-hybridized carbons (Fsp3) is 0.552. The summed E-state index contributed by atoms with van der Waals surface area (Å²) in [6.07, 6.45) is 4.09. The molecular formula is C29H38FN3O4S. The largest absolute Gasteiger partial charge is 0.448 e. The van der Waals surface area contributed by atoms with E-state index >= 15 is 0 Å². The van der Waals surface area contributed by atoms with Gasteiger partial charge in [0.15, 0.2) is 0 Å². The van der Waals surface area contributed by atoms with Crippen molar-refractivity contribution in [3.05, 3.63) is 65.5 Å². The monoisotopic (exact) mass is 543 g/mol. The van der Waals surface area contributed by atoms with Crippen molar-refractivity contribution >= 4 is 16.1 Å². The van der Waals surface area contributed by atoms with Crippen LogP contribution in [0.15, 0.2) is 53.4 Å². The van der Waals surface area contributed by atoms with Gasteiger partial charge in [-0.05, 0) is 81.7 Å². The Morgan fingerprint density at radius 3 is 2.50 bits per heavy atom. The van der Waals surface area contributed by atoms with Crippen molar-refractivity contribution in [2.45, 2.75) is 69.0 Å². The summed E-state index contributed by atoms with van der Waals surface area (Å²) in [5.41, 5.74) is 1.57.